The number of hydrogen-bond donors (Lipinski definition) is 1. The van der Waals surface area contributed by atoms with Gasteiger partial charge in [0.05, 0.1) is 34.3 Å². The topological polar surface area (TPSA) is 115 Å². The number of amides is 1. The SMILES string of the molecule is CCS(=O)c1cc(OC(F)(F)F)cc(C(=O)NC(C)c2nc(N(C)C)nn2-c2ncc(Cl)cn2)c1. The largest absolute Gasteiger partial charge is 0.573 e. The van der Waals surface area contributed by atoms with Gasteiger partial charge in [-0.2, -0.15) is 9.67 Å². The summed E-state index contributed by atoms with van der Waals surface area (Å²) in [5.41, 5.74) is -0.169. The van der Waals surface area contributed by atoms with E-state index in [-0.39, 0.29) is 28.0 Å². The number of ether oxygens (including phenoxy) is 1. The van der Waals surface area contributed by atoms with E-state index >= 15 is 0 Å². The monoisotopic (exact) mass is 531 g/mol. The summed E-state index contributed by atoms with van der Waals surface area (Å²) in [7, 11) is 1.81. The highest BCUT2D eigenvalue weighted by Gasteiger charge is 2.32. The number of benzene rings is 1. The summed E-state index contributed by atoms with van der Waals surface area (Å²) in [6.07, 6.45) is -2.24. The van der Waals surface area contributed by atoms with Crippen LogP contribution in [-0.4, -0.2) is 61.1 Å². The molecule has 0 aliphatic heterocycles. The first-order chi connectivity index (χ1) is 16.4. The van der Waals surface area contributed by atoms with Crippen molar-refractivity contribution in [2.75, 3.05) is 24.7 Å². The molecule has 0 aliphatic rings. The van der Waals surface area contributed by atoms with E-state index in [2.05, 4.69) is 30.1 Å². The van der Waals surface area contributed by atoms with E-state index in [1.165, 1.54) is 23.1 Å². The Hall–Kier alpha value is -3.26. The molecule has 1 amide bonds. The molecule has 2 heterocycles. The van der Waals surface area contributed by atoms with Crippen molar-refractivity contribution in [2.24, 2.45) is 0 Å². The van der Waals surface area contributed by atoms with E-state index in [4.69, 9.17) is 11.6 Å². The molecule has 3 aromatic rings. The van der Waals surface area contributed by atoms with Crippen LogP contribution in [0.15, 0.2) is 35.5 Å². The van der Waals surface area contributed by atoms with Crippen LogP contribution < -0.4 is 15.0 Å². The smallest absolute Gasteiger partial charge is 0.406 e. The summed E-state index contributed by atoms with van der Waals surface area (Å²) < 4.78 is 55.8. The minimum Gasteiger partial charge on any atom is -0.406 e. The fraction of sp³-hybridized carbons (Fsp3) is 0.350. The Kier molecular flexibility index (Phi) is 7.95. The zero-order valence-corrected chi connectivity index (χ0v) is 20.6. The van der Waals surface area contributed by atoms with Crippen LogP contribution >= 0.6 is 11.6 Å². The molecule has 0 saturated carbocycles. The minimum atomic E-state index is -4.98. The molecule has 0 saturated heterocycles. The summed E-state index contributed by atoms with van der Waals surface area (Å²) in [6, 6.07) is 2.38. The average molecular weight is 532 g/mol. The van der Waals surface area contributed by atoms with Crippen molar-refractivity contribution in [1.29, 1.82) is 0 Å². The van der Waals surface area contributed by atoms with Gasteiger partial charge in [0.15, 0.2) is 5.82 Å². The molecule has 10 nitrogen and oxygen atoms in total. The third-order valence-electron chi connectivity index (χ3n) is 4.45. The van der Waals surface area contributed by atoms with Gasteiger partial charge in [-0.3, -0.25) is 9.00 Å². The van der Waals surface area contributed by atoms with Crippen molar-refractivity contribution in [3.8, 4) is 11.7 Å². The van der Waals surface area contributed by atoms with Gasteiger partial charge >= 0.3 is 6.36 Å². The fourth-order valence-corrected chi connectivity index (χ4v) is 3.82. The van der Waals surface area contributed by atoms with Gasteiger partial charge in [-0.25, -0.2) is 9.97 Å². The van der Waals surface area contributed by atoms with Gasteiger partial charge in [0, 0.05) is 30.3 Å². The normalized spacial score (nSPS) is 13.3. The zero-order chi connectivity index (χ0) is 25.9. The van der Waals surface area contributed by atoms with E-state index in [0.29, 0.717) is 11.0 Å². The molecule has 188 valence electrons. The molecular weight excluding hydrogens is 511 g/mol. The maximum absolute atomic E-state index is 13.0. The lowest BCUT2D eigenvalue weighted by atomic mass is 10.2. The van der Waals surface area contributed by atoms with Crippen LogP contribution in [-0.2, 0) is 10.8 Å². The van der Waals surface area contributed by atoms with Crippen LogP contribution in [0.2, 0.25) is 5.02 Å². The number of halogens is 4. The Morgan fingerprint density at radius 1 is 1.26 bits per heavy atom. The van der Waals surface area contributed by atoms with Gasteiger partial charge in [-0.1, -0.05) is 18.5 Å². The van der Waals surface area contributed by atoms with Gasteiger partial charge in [0.1, 0.15) is 5.75 Å². The van der Waals surface area contributed by atoms with E-state index < -0.39 is 34.9 Å². The van der Waals surface area contributed by atoms with Gasteiger partial charge in [0.25, 0.3) is 11.9 Å². The molecule has 3 rings (SSSR count). The van der Waals surface area contributed by atoms with Crippen molar-refractivity contribution >= 4 is 34.3 Å². The highest BCUT2D eigenvalue weighted by molar-refractivity contribution is 7.85. The number of nitrogens with zero attached hydrogens (tertiary/aromatic N) is 6. The van der Waals surface area contributed by atoms with Crippen LogP contribution in [0.1, 0.15) is 36.1 Å². The Morgan fingerprint density at radius 2 is 1.91 bits per heavy atom. The molecule has 1 N–H and O–H groups in total. The number of rotatable bonds is 8. The van der Waals surface area contributed by atoms with Crippen molar-refractivity contribution in [3.63, 3.8) is 0 Å². The Bertz CT molecular complexity index is 1240. The van der Waals surface area contributed by atoms with E-state index in [1.54, 1.807) is 32.8 Å². The standard InChI is InChI=1S/C20H21ClF3N7O3S/c1-5-35(33)15-7-12(6-14(8-15)34-20(22,23)24)17(32)27-11(2)16-28-19(30(3)4)29-31(16)18-25-9-13(21)10-26-18/h6-11H,5H2,1-4H3,(H,27,32). The van der Waals surface area contributed by atoms with Crippen molar-refractivity contribution in [2.45, 2.75) is 31.1 Å². The molecule has 1 aromatic carbocycles. The molecule has 0 aliphatic carbocycles. The van der Waals surface area contributed by atoms with Crippen LogP contribution in [0.25, 0.3) is 5.95 Å². The highest BCUT2D eigenvalue weighted by atomic mass is 35.5. The number of nitrogens with one attached hydrogen (secondary N) is 1. The van der Waals surface area contributed by atoms with Crippen LogP contribution in [0.5, 0.6) is 5.75 Å². The molecule has 35 heavy (non-hydrogen) atoms. The maximum atomic E-state index is 13.0. The van der Waals surface area contributed by atoms with Crippen molar-refractivity contribution < 1.29 is 26.9 Å². The highest BCUT2D eigenvalue weighted by Crippen LogP contribution is 2.27. The molecule has 2 aromatic heterocycles. The summed E-state index contributed by atoms with van der Waals surface area (Å²) in [6.45, 7) is 3.21. The summed E-state index contributed by atoms with van der Waals surface area (Å²) in [5, 5.41) is 7.31. The van der Waals surface area contributed by atoms with Gasteiger partial charge in [-0.05, 0) is 25.1 Å². The van der Waals surface area contributed by atoms with Gasteiger partial charge in [-0.15, -0.1) is 18.3 Å². The lowest BCUT2D eigenvalue weighted by Crippen LogP contribution is -2.29. The molecule has 0 fully saturated rings. The van der Waals surface area contributed by atoms with Gasteiger partial charge in [0.2, 0.25) is 5.95 Å². The predicted molar refractivity (Wildman–Crippen MR) is 122 cm³/mol. The lowest BCUT2D eigenvalue weighted by Gasteiger charge is -2.16. The third-order valence-corrected chi connectivity index (χ3v) is 5.93. The molecule has 0 radical (unpaired) electrons. The molecule has 2 unspecified atom stereocenters. The maximum Gasteiger partial charge on any atom is 0.573 e. The molecule has 0 spiro atoms. The number of carbonyl (C=O) groups excluding carboxylic acids is 1. The fourth-order valence-electron chi connectivity index (χ4n) is 2.88. The molecule has 2 atom stereocenters. The first-order valence-electron chi connectivity index (χ1n) is 10.1. The van der Waals surface area contributed by atoms with Crippen LogP contribution in [0.4, 0.5) is 19.1 Å². The Balaban J connectivity index is 1.95. The Labute approximate surface area is 205 Å². The van der Waals surface area contributed by atoms with Crippen LogP contribution in [0, 0.1) is 0 Å². The number of hydrogen-bond acceptors (Lipinski definition) is 8. The van der Waals surface area contributed by atoms with Crippen molar-refractivity contribution in [1.82, 2.24) is 30.0 Å². The zero-order valence-electron chi connectivity index (χ0n) is 19.0. The summed E-state index contributed by atoms with van der Waals surface area (Å²) in [5.74, 6) is -0.540. The van der Waals surface area contributed by atoms with E-state index in [1.807, 2.05) is 0 Å². The first-order valence-corrected chi connectivity index (χ1v) is 11.8. The second kappa shape index (κ2) is 10.6. The third kappa shape index (κ3) is 6.66. The van der Waals surface area contributed by atoms with E-state index in [9.17, 15) is 22.2 Å². The second-order valence-corrected chi connectivity index (χ2v) is 9.52. The quantitative estimate of drug-likeness (QED) is 0.471. The Morgan fingerprint density at radius 3 is 2.49 bits per heavy atom. The number of carbonyl (C=O) groups is 1. The minimum absolute atomic E-state index is 0.0275. The van der Waals surface area contributed by atoms with E-state index in [0.717, 1.165) is 12.1 Å². The first kappa shape index (κ1) is 26.3. The summed E-state index contributed by atoms with van der Waals surface area (Å²) in [4.78, 5) is 27.3. The van der Waals surface area contributed by atoms with Crippen LogP contribution in [0.3, 0.4) is 0 Å². The predicted octanol–water partition coefficient (Wildman–Crippen LogP) is 3.29. The molecule has 0 bridgehead atoms. The summed E-state index contributed by atoms with van der Waals surface area (Å²) >= 11 is 5.85. The van der Waals surface area contributed by atoms with Crippen molar-refractivity contribution in [3.05, 3.63) is 47.0 Å². The average Bonchev–Trinajstić information content (AvgIpc) is 3.23. The number of alkyl halides is 3. The second-order valence-electron chi connectivity index (χ2n) is 7.35. The lowest BCUT2D eigenvalue weighted by molar-refractivity contribution is -0.274. The molecular formula is C20H21ClF3N7O3S. The van der Waals surface area contributed by atoms with Gasteiger partial charge < -0.3 is 15.0 Å². The number of aromatic nitrogens is 5. The molecule has 15 heteroatoms. The number of anilines is 1.